The highest BCUT2D eigenvalue weighted by atomic mass is 19.4. The van der Waals surface area contributed by atoms with Crippen LogP contribution in [0.2, 0.25) is 0 Å². The predicted molar refractivity (Wildman–Crippen MR) is 148 cm³/mol. The average Bonchev–Trinajstić information content (AvgIpc) is 3.26. The molecule has 9 nitrogen and oxygen atoms in total. The molecule has 43 heavy (non-hydrogen) atoms. The van der Waals surface area contributed by atoms with Crippen LogP contribution in [0.25, 0.3) is 5.76 Å². The van der Waals surface area contributed by atoms with Crippen LogP contribution in [0.5, 0.6) is 17.2 Å². The lowest BCUT2D eigenvalue weighted by atomic mass is 9.95. The van der Waals surface area contributed by atoms with Gasteiger partial charge in [0.05, 0.1) is 24.4 Å². The fourth-order valence-electron chi connectivity index (χ4n) is 4.51. The Kier molecular flexibility index (Phi) is 8.02. The second-order valence-electron chi connectivity index (χ2n) is 9.48. The zero-order valence-electron chi connectivity index (χ0n) is 22.8. The minimum Gasteiger partial charge on any atom is -0.507 e. The third kappa shape index (κ3) is 6.43. The summed E-state index contributed by atoms with van der Waals surface area (Å²) in [5.74, 6) is -1.74. The van der Waals surface area contributed by atoms with Crippen LogP contribution in [0, 0.1) is 6.92 Å². The van der Waals surface area contributed by atoms with Gasteiger partial charge in [0.15, 0.2) is 5.82 Å². The van der Waals surface area contributed by atoms with E-state index < -0.39 is 35.6 Å². The van der Waals surface area contributed by atoms with E-state index in [1.54, 1.807) is 32.2 Å². The van der Waals surface area contributed by atoms with Gasteiger partial charge in [-0.05, 0) is 78.7 Å². The maximum Gasteiger partial charge on any atom is 0.573 e. The van der Waals surface area contributed by atoms with Gasteiger partial charge in [0.25, 0.3) is 5.78 Å². The highest BCUT2D eigenvalue weighted by Crippen LogP contribution is 2.42. The molecule has 4 aromatic rings. The molecule has 1 amide bonds. The number of hydrogen-bond acceptors (Lipinski definition) is 8. The minimum absolute atomic E-state index is 0.0228. The van der Waals surface area contributed by atoms with Crippen LogP contribution in [-0.2, 0) is 16.2 Å². The van der Waals surface area contributed by atoms with Gasteiger partial charge in [0, 0.05) is 5.56 Å². The Labute approximate surface area is 243 Å². The number of methoxy groups -OCH3 is 1. The Bertz CT molecular complexity index is 1650. The van der Waals surface area contributed by atoms with Crippen molar-refractivity contribution >= 4 is 23.3 Å². The molecular weight excluding hydrogens is 567 g/mol. The first kappa shape index (κ1) is 29.1. The van der Waals surface area contributed by atoms with Crippen molar-refractivity contribution in [2.24, 2.45) is 0 Å². The molecule has 1 unspecified atom stereocenters. The standard InChI is InChI=1S/C31H24F3N3O6/c1-18-3-16-25(36-35-18)37-27(20-6-14-24(15-7-20)43-31(32,33)34)26(29(39)30(37)40)28(38)21-8-12-23(13-9-21)42-17-19-4-10-22(41-2)11-5-19/h3-16,27,38H,17H2,1-2H3. The number of ketones is 1. The van der Waals surface area contributed by atoms with Gasteiger partial charge in [-0.3, -0.25) is 14.5 Å². The molecule has 1 N–H and O–H groups in total. The van der Waals surface area contributed by atoms with Crippen molar-refractivity contribution in [3.8, 4) is 17.2 Å². The summed E-state index contributed by atoms with van der Waals surface area (Å²) in [6, 6.07) is 20.1. The van der Waals surface area contributed by atoms with Gasteiger partial charge in [-0.1, -0.05) is 24.3 Å². The fraction of sp³-hybridized carbons (Fsp3) is 0.161. The zero-order chi connectivity index (χ0) is 30.7. The van der Waals surface area contributed by atoms with Crippen LogP contribution in [-0.4, -0.2) is 40.5 Å². The highest BCUT2D eigenvalue weighted by Gasteiger charge is 2.47. The maximum atomic E-state index is 13.3. The number of benzene rings is 3. The van der Waals surface area contributed by atoms with E-state index in [1.807, 2.05) is 24.3 Å². The molecule has 12 heteroatoms. The highest BCUT2D eigenvalue weighted by molar-refractivity contribution is 6.51. The number of anilines is 1. The van der Waals surface area contributed by atoms with Crippen molar-refractivity contribution in [1.29, 1.82) is 0 Å². The fourth-order valence-corrected chi connectivity index (χ4v) is 4.51. The number of aliphatic hydroxyl groups is 1. The number of halogens is 3. The van der Waals surface area contributed by atoms with Crippen molar-refractivity contribution in [2.45, 2.75) is 25.9 Å². The van der Waals surface area contributed by atoms with Crippen LogP contribution < -0.4 is 19.1 Å². The number of aliphatic hydroxyl groups excluding tert-OH is 1. The molecule has 0 aliphatic carbocycles. The first-order valence-electron chi connectivity index (χ1n) is 12.9. The summed E-state index contributed by atoms with van der Waals surface area (Å²) in [4.78, 5) is 27.6. The van der Waals surface area contributed by atoms with Crippen LogP contribution in [0.4, 0.5) is 19.0 Å². The summed E-state index contributed by atoms with van der Waals surface area (Å²) in [7, 11) is 1.58. The molecule has 0 radical (unpaired) electrons. The van der Waals surface area contributed by atoms with E-state index >= 15 is 0 Å². The van der Waals surface area contributed by atoms with Crippen LogP contribution in [0.3, 0.4) is 0 Å². The van der Waals surface area contributed by atoms with Gasteiger partial charge in [0.1, 0.15) is 29.6 Å². The molecule has 1 saturated heterocycles. The number of alkyl halides is 3. The molecule has 3 aromatic carbocycles. The lowest BCUT2D eigenvalue weighted by molar-refractivity contribution is -0.274. The number of Topliss-reactive ketones (excluding diaryl/α,β-unsaturated/α-hetero) is 1. The van der Waals surface area contributed by atoms with Gasteiger partial charge in [-0.15, -0.1) is 18.3 Å². The van der Waals surface area contributed by atoms with Crippen LogP contribution in [0.1, 0.15) is 28.4 Å². The number of amides is 1. The summed E-state index contributed by atoms with van der Waals surface area (Å²) in [5.41, 5.74) is 1.63. The topological polar surface area (TPSA) is 111 Å². The van der Waals surface area contributed by atoms with Gasteiger partial charge in [-0.25, -0.2) is 0 Å². The largest absolute Gasteiger partial charge is 0.573 e. The Balaban J connectivity index is 1.48. The van der Waals surface area contributed by atoms with E-state index in [9.17, 15) is 27.9 Å². The number of ether oxygens (including phenoxy) is 3. The maximum absolute atomic E-state index is 13.3. The normalized spacial score (nSPS) is 16.3. The molecule has 1 aliphatic rings. The summed E-state index contributed by atoms with van der Waals surface area (Å²) in [6.07, 6.45) is -4.90. The number of nitrogens with zero attached hydrogens (tertiary/aromatic N) is 3. The van der Waals surface area contributed by atoms with Gasteiger partial charge in [0.2, 0.25) is 0 Å². The number of aryl methyl sites for hydroxylation is 1. The zero-order valence-corrected chi connectivity index (χ0v) is 22.8. The molecular formula is C31H24F3N3O6. The van der Waals surface area contributed by atoms with E-state index in [-0.39, 0.29) is 29.1 Å². The molecule has 5 rings (SSSR count). The Hall–Kier alpha value is -5.39. The SMILES string of the molecule is COc1ccc(COc2ccc(C(O)=C3C(=O)C(=O)N(c4ccc(C)nn4)C3c3ccc(OC(F)(F)F)cc3)cc2)cc1. The van der Waals surface area contributed by atoms with Crippen molar-refractivity contribution in [3.05, 3.63) is 113 Å². The second kappa shape index (κ2) is 11.8. The van der Waals surface area contributed by atoms with Crippen LogP contribution >= 0.6 is 0 Å². The number of carbonyl (C=O) groups is 2. The third-order valence-electron chi connectivity index (χ3n) is 6.60. The predicted octanol–water partition coefficient (Wildman–Crippen LogP) is 5.90. The van der Waals surface area contributed by atoms with E-state index in [2.05, 4.69) is 14.9 Å². The van der Waals surface area contributed by atoms with E-state index in [1.165, 1.54) is 30.3 Å². The molecule has 1 atom stereocenters. The lowest BCUT2D eigenvalue weighted by Gasteiger charge is -2.24. The molecule has 0 bridgehead atoms. The number of aromatic nitrogens is 2. The lowest BCUT2D eigenvalue weighted by Crippen LogP contribution is -2.30. The van der Waals surface area contributed by atoms with E-state index in [4.69, 9.17) is 9.47 Å². The van der Waals surface area contributed by atoms with Gasteiger partial charge >= 0.3 is 12.3 Å². The number of hydrogen-bond donors (Lipinski definition) is 1. The second-order valence-corrected chi connectivity index (χ2v) is 9.48. The Morgan fingerprint density at radius 1 is 0.860 bits per heavy atom. The molecule has 2 heterocycles. The molecule has 220 valence electrons. The average molecular weight is 592 g/mol. The van der Waals surface area contributed by atoms with Crippen LogP contribution in [0.15, 0.2) is 90.5 Å². The molecule has 0 spiro atoms. The van der Waals surface area contributed by atoms with Crippen molar-refractivity contribution < 1.29 is 42.1 Å². The summed E-state index contributed by atoms with van der Waals surface area (Å²) >= 11 is 0. The number of carbonyl (C=O) groups excluding carboxylic acids is 2. The Morgan fingerprint density at radius 2 is 1.49 bits per heavy atom. The quantitative estimate of drug-likeness (QED) is 0.153. The molecule has 1 aromatic heterocycles. The molecule has 1 fully saturated rings. The third-order valence-corrected chi connectivity index (χ3v) is 6.60. The minimum atomic E-state index is -4.90. The molecule has 0 saturated carbocycles. The Morgan fingerprint density at radius 3 is 2.07 bits per heavy atom. The van der Waals surface area contributed by atoms with Gasteiger partial charge < -0.3 is 19.3 Å². The van der Waals surface area contributed by atoms with Crippen molar-refractivity contribution in [2.75, 3.05) is 12.0 Å². The first-order valence-corrected chi connectivity index (χ1v) is 12.9. The van der Waals surface area contributed by atoms with Crippen molar-refractivity contribution in [1.82, 2.24) is 10.2 Å². The van der Waals surface area contributed by atoms with Gasteiger partial charge in [-0.2, -0.15) is 5.10 Å². The smallest absolute Gasteiger partial charge is 0.507 e. The summed E-state index contributed by atoms with van der Waals surface area (Å²) in [5, 5.41) is 19.3. The van der Waals surface area contributed by atoms with E-state index in [0.29, 0.717) is 17.2 Å². The number of rotatable bonds is 8. The van der Waals surface area contributed by atoms with E-state index in [0.717, 1.165) is 22.6 Å². The summed E-state index contributed by atoms with van der Waals surface area (Å²) < 4.78 is 53.1. The summed E-state index contributed by atoms with van der Waals surface area (Å²) in [6.45, 7) is 1.96. The van der Waals surface area contributed by atoms with Crippen molar-refractivity contribution in [3.63, 3.8) is 0 Å². The molecule has 1 aliphatic heterocycles. The monoisotopic (exact) mass is 591 g/mol. The first-order chi connectivity index (χ1) is 20.5.